The fraction of sp³-hybridized carbons (Fsp3) is 0.250. The predicted molar refractivity (Wildman–Crippen MR) is 46.9 cm³/mol. The summed E-state index contributed by atoms with van der Waals surface area (Å²) in [4.78, 5) is 24.0. The van der Waals surface area contributed by atoms with Crippen LogP contribution in [-0.2, 0) is 0 Å². The molecule has 0 saturated carbocycles. The van der Waals surface area contributed by atoms with Crippen LogP contribution in [0, 0.1) is 6.92 Å². The maximum atomic E-state index is 12.4. The third-order valence-electron chi connectivity index (χ3n) is 1.63. The van der Waals surface area contributed by atoms with Crippen LogP contribution in [0.5, 0.6) is 0 Å². The minimum atomic E-state index is -2.89. The number of alkyl halides is 2. The summed E-state index contributed by atoms with van der Waals surface area (Å²) >= 11 is 5.02. The van der Waals surface area contributed by atoms with Crippen molar-refractivity contribution < 1.29 is 13.6 Å². The molecule has 14 heavy (non-hydrogen) atoms. The minimum absolute atomic E-state index is 0.256. The molecule has 0 aliphatic heterocycles. The van der Waals surface area contributed by atoms with Crippen LogP contribution in [0.25, 0.3) is 0 Å². The molecule has 0 fully saturated rings. The first-order valence-corrected chi connectivity index (χ1v) is 4.03. The number of hydrogen-bond donors (Lipinski definition) is 1. The third kappa shape index (κ3) is 1.98. The van der Waals surface area contributed by atoms with Crippen LogP contribution in [0.2, 0.25) is 0 Å². The van der Waals surface area contributed by atoms with Gasteiger partial charge >= 0.3 is 0 Å². The highest BCUT2D eigenvalue weighted by Gasteiger charge is 2.20. The zero-order chi connectivity index (χ0) is 10.9. The number of rotatable bonds is 2. The standard InChI is InChI=1S/C8H6ClF2NO2/c1-3-2-4(7(10)11)5(6(9)13)8(14)12-3/h2,7H,1H3,(H,12,14). The monoisotopic (exact) mass is 221 g/mol. The number of carbonyl (C=O) groups is 1. The summed E-state index contributed by atoms with van der Waals surface area (Å²) in [5, 5.41) is -1.18. The molecule has 0 amide bonds. The number of aryl methyl sites for hydroxylation is 1. The molecule has 1 heterocycles. The van der Waals surface area contributed by atoms with Gasteiger partial charge in [0.05, 0.1) is 0 Å². The first-order valence-electron chi connectivity index (χ1n) is 3.65. The number of H-pyrrole nitrogens is 1. The normalized spacial score (nSPS) is 10.6. The molecule has 76 valence electrons. The van der Waals surface area contributed by atoms with E-state index >= 15 is 0 Å². The molecule has 1 aromatic heterocycles. The maximum absolute atomic E-state index is 12.4. The van der Waals surface area contributed by atoms with Gasteiger partial charge in [-0.15, -0.1) is 0 Å². The van der Waals surface area contributed by atoms with Crippen molar-refractivity contribution in [3.05, 3.63) is 33.2 Å². The van der Waals surface area contributed by atoms with E-state index in [0.717, 1.165) is 6.07 Å². The van der Waals surface area contributed by atoms with Gasteiger partial charge in [-0.1, -0.05) is 0 Å². The summed E-state index contributed by atoms with van der Waals surface area (Å²) in [7, 11) is 0. The molecule has 3 nitrogen and oxygen atoms in total. The van der Waals surface area contributed by atoms with Crippen LogP contribution >= 0.6 is 11.6 Å². The van der Waals surface area contributed by atoms with Crippen molar-refractivity contribution in [3.8, 4) is 0 Å². The Balaban J connectivity index is 3.53. The van der Waals surface area contributed by atoms with Crippen LogP contribution in [0.1, 0.15) is 28.0 Å². The van der Waals surface area contributed by atoms with E-state index in [1.807, 2.05) is 0 Å². The molecule has 0 saturated heterocycles. The molecule has 0 atom stereocenters. The van der Waals surface area contributed by atoms with E-state index in [0.29, 0.717) is 0 Å². The molecule has 1 N–H and O–H groups in total. The van der Waals surface area contributed by atoms with Gasteiger partial charge in [-0.2, -0.15) is 0 Å². The SMILES string of the molecule is Cc1cc(C(F)F)c(C(=O)Cl)c(=O)[nH]1. The fourth-order valence-corrected chi connectivity index (χ4v) is 1.28. The third-order valence-corrected chi connectivity index (χ3v) is 1.82. The second-order valence-corrected chi connectivity index (χ2v) is 3.03. The van der Waals surface area contributed by atoms with Crippen LogP contribution < -0.4 is 5.56 Å². The first-order chi connectivity index (χ1) is 6.43. The molecule has 0 radical (unpaired) electrons. The number of aromatic nitrogens is 1. The van der Waals surface area contributed by atoms with Crippen molar-refractivity contribution in [2.24, 2.45) is 0 Å². The molecule has 0 bridgehead atoms. The summed E-state index contributed by atoms with van der Waals surface area (Å²) in [5.41, 5.74) is -1.95. The fourth-order valence-electron chi connectivity index (χ4n) is 1.09. The highest BCUT2D eigenvalue weighted by Crippen LogP contribution is 2.22. The number of carbonyl (C=O) groups excluding carboxylic acids is 1. The second-order valence-electron chi connectivity index (χ2n) is 2.69. The van der Waals surface area contributed by atoms with Gasteiger partial charge in [0.25, 0.3) is 17.2 Å². The summed E-state index contributed by atoms with van der Waals surface area (Å²) in [6.45, 7) is 1.44. The van der Waals surface area contributed by atoms with Crippen molar-refractivity contribution in [2.75, 3.05) is 0 Å². The van der Waals surface area contributed by atoms with Gasteiger partial charge < -0.3 is 4.98 Å². The Morgan fingerprint density at radius 3 is 2.57 bits per heavy atom. The molecule has 6 heteroatoms. The second kappa shape index (κ2) is 3.88. The van der Waals surface area contributed by atoms with Crippen LogP contribution in [0.4, 0.5) is 8.78 Å². The number of nitrogens with one attached hydrogen (secondary N) is 1. The topological polar surface area (TPSA) is 49.9 Å². The van der Waals surface area contributed by atoms with Gasteiger partial charge in [0.15, 0.2) is 0 Å². The molecular weight excluding hydrogens is 216 g/mol. The van der Waals surface area contributed by atoms with Gasteiger partial charge in [0.2, 0.25) is 0 Å². The quantitative estimate of drug-likeness (QED) is 0.777. The van der Waals surface area contributed by atoms with Crippen molar-refractivity contribution in [3.63, 3.8) is 0 Å². The zero-order valence-electron chi connectivity index (χ0n) is 7.11. The summed E-state index contributed by atoms with van der Waals surface area (Å²) in [6, 6.07) is 1.03. The number of aromatic amines is 1. The van der Waals surface area contributed by atoms with Crippen molar-refractivity contribution in [1.29, 1.82) is 0 Å². The molecule has 0 spiro atoms. The number of halogens is 3. The van der Waals surface area contributed by atoms with Gasteiger partial charge in [-0.3, -0.25) is 9.59 Å². The Bertz CT molecular complexity index is 428. The maximum Gasteiger partial charge on any atom is 0.264 e. The zero-order valence-corrected chi connectivity index (χ0v) is 7.86. The average Bonchev–Trinajstić information content (AvgIpc) is 2.01. The largest absolute Gasteiger partial charge is 0.326 e. The smallest absolute Gasteiger partial charge is 0.264 e. The molecule has 0 aromatic carbocycles. The van der Waals surface area contributed by atoms with Crippen molar-refractivity contribution in [2.45, 2.75) is 13.3 Å². The van der Waals surface area contributed by atoms with E-state index in [2.05, 4.69) is 4.98 Å². The molecule has 1 aromatic rings. The van der Waals surface area contributed by atoms with Gasteiger partial charge in [-0.25, -0.2) is 8.78 Å². The lowest BCUT2D eigenvalue weighted by atomic mass is 10.1. The average molecular weight is 222 g/mol. The van der Waals surface area contributed by atoms with E-state index in [9.17, 15) is 18.4 Å². The summed E-state index contributed by atoms with van der Waals surface area (Å²) in [5.74, 6) is 0. The lowest BCUT2D eigenvalue weighted by molar-refractivity contribution is 0.106. The van der Waals surface area contributed by atoms with Crippen molar-refractivity contribution >= 4 is 16.8 Å². The number of pyridine rings is 1. The van der Waals surface area contributed by atoms with Gasteiger partial charge in [-0.05, 0) is 24.6 Å². The lowest BCUT2D eigenvalue weighted by Gasteiger charge is -2.04. The molecular formula is C8H6ClF2NO2. The van der Waals surface area contributed by atoms with Crippen LogP contribution in [-0.4, -0.2) is 10.2 Å². The van der Waals surface area contributed by atoms with Crippen molar-refractivity contribution in [1.82, 2.24) is 4.98 Å². The number of hydrogen-bond acceptors (Lipinski definition) is 2. The Labute approximate surface area is 82.7 Å². The molecule has 1 rings (SSSR count). The molecule has 0 unspecified atom stereocenters. The van der Waals surface area contributed by atoms with Gasteiger partial charge in [0.1, 0.15) is 5.56 Å². The Kier molecular flexibility index (Phi) is 3.00. The Hall–Kier alpha value is -1.23. The van der Waals surface area contributed by atoms with E-state index in [4.69, 9.17) is 11.6 Å². The summed E-state index contributed by atoms with van der Waals surface area (Å²) < 4.78 is 24.8. The van der Waals surface area contributed by atoms with E-state index < -0.39 is 28.4 Å². The highest BCUT2D eigenvalue weighted by atomic mass is 35.5. The van der Waals surface area contributed by atoms with E-state index in [1.165, 1.54) is 6.92 Å². The van der Waals surface area contributed by atoms with Crippen LogP contribution in [0.15, 0.2) is 10.9 Å². The molecule has 0 aliphatic rings. The predicted octanol–water partition coefficient (Wildman–Crippen LogP) is 2.00. The Morgan fingerprint density at radius 1 is 1.57 bits per heavy atom. The van der Waals surface area contributed by atoms with E-state index in [1.54, 1.807) is 0 Å². The summed E-state index contributed by atoms with van der Waals surface area (Å²) in [6.07, 6.45) is -2.89. The Morgan fingerprint density at radius 2 is 2.14 bits per heavy atom. The highest BCUT2D eigenvalue weighted by molar-refractivity contribution is 6.67. The van der Waals surface area contributed by atoms with Crippen LogP contribution in [0.3, 0.4) is 0 Å². The molecule has 0 aliphatic carbocycles. The van der Waals surface area contributed by atoms with E-state index in [-0.39, 0.29) is 5.69 Å². The first kappa shape index (κ1) is 10.8. The van der Waals surface area contributed by atoms with Gasteiger partial charge in [0, 0.05) is 11.3 Å². The lowest BCUT2D eigenvalue weighted by Crippen LogP contribution is -2.19. The minimum Gasteiger partial charge on any atom is -0.326 e.